The zero-order valence-corrected chi connectivity index (χ0v) is 16.6. The van der Waals surface area contributed by atoms with Crippen LogP contribution in [0, 0.1) is 34.6 Å². The van der Waals surface area contributed by atoms with Gasteiger partial charge < -0.3 is 4.90 Å². The smallest absolute Gasteiger partial charge is 0.247 e. The average Bonchev–Trinajstić information content (AvgIpc) is 2.56. The van der Waals surface area contributed by atoms with Gasteiger partial charge in [0.1, 0.15) is 0 Å². The van der Waals surface area contributed by atoms with Crippen molar-refractivity contribution in [1.82, 2.24) is 0 Å². The molecule has 0 atom stereocenters. The van der Waals surface area contributed by atoms with Gasteiger partial charge in [0.05, 0.1) is 0 Å². The van der Waals surface area contributed by atoms with Crippen LogP contribution < -0.4 is 21.3 Å². The van der Waals surface area contributed by atoms with Crippen molar-refractivity contribution < 1.29 is 0 Å². The van der Waals surface area contributed by atoms with Crippen molar-refractivity contribution in [3.8, 4) is 0 Å². The first kappa shape index (κ1) is 17.0. The van der Waals surface area contributed by atoms with Gasteiger partial charge in [0, 0.05) is 18.4 Å². The lowest BCUT2D eigenvalue weighted by Gasteiger charge is -2.36. The number of benzene rings is 3. The molecule has 0 aromatic heterocycles. The van der Waals surface area contributed by atoms with E-state index < -0.39 is 0 Å². The second-order valence-electron chi connectivity index (χ2n) is 7.93. The summed E-state index contributed by atoms with van der Waals surface area (Å²) in [5.41, 5.74) is 13.7. The summed E-state index contributed by atoms with van der Waals surface area (Å²) in [6.07, 6.45) is 0. The topological polar surface area (TPSA) is 3.24 Å². The Labute approximate surface area is 157 Å². The monoisotopic (exact) mass is 339 g/mol. The molecule has 0 saturated heterocycles. The van der Waals surface area contributed by atoms with Crippen molar-refractivity contribution in [2.24, 2.45) is 0 Å². The zero-order valence-electron chi connectivity index (χ0n) is 16.6. The van der Waals surface area contributed by atoms with Gasteiger partial charge in [0.15, 0.2) is 0 Å². The summed E-state index contributed by atoms with van der Waals surface area (Å²) in [5.74, 6) is 0. The van der Waals surface area contributed by atoms with Gasteiger partial charge in [-0.15, -0.1) is 0 Å². The third kappa shape index (κ3) is 2.56. The largest absolute Gasteiger partial charge is 0.345 e. The number of hydrogen-bond acceptors (Lipinski definition) is 1. The summed E-state index contributed by atoms with van der Waals surface area (Å²) in [6.45, 7) is 11.4. The Bertz CT molecular complexity index is 942. The Kier molecular flexibility index (Phi) is 3.95. The van der Waals surface area contributed by atoms with Gasteiger partial charge in [-0.1, -0.05) is 69.7 Å². The summed E-state index contributed by atoms with van der Waals surface area (Å²) in [4.78, 5) is 2.35. The molecule has 0 bridgehead atoms. The number of hydrogen-bond donors (Lipinski definition) is 0. The fraction of sp³-hybridized carbons (Fsp3) is 0.250. The summed E-state index contributed by atoms with van der Waals surface area (Å²) >= 11 is 0. The molecule has 0 saturated carbocycles. The number of aryl methyl sites for hydroxylation is 5. The Morgan fingerprint density at radius 1 is 0.615 bits per heavy atom. The molecule has 4 rings (SSSR count). The summed E-state index contributed by atoms with van der Waals surface area (Å²) < 4.78 is 0. The maximum atomic E-state index is 2.38. The van der Waals surface area contributed by atoms with Crippen LogP contribution in [0.25, 0.3) is 0 Å². The summed E-state index contributed by atoms with van der Waals surface area (Å²) in [6, 6.07) is 18.4. The third-order valence-corrected chi connectivity index (χ3v) is 5.74. The molecular weight excluding hydrogens is 313 g/mol. The van der Waals surface area contributed by atoms with E-state index in [0.717, 1.165) is 0 Å². The number of nitrogens with zero attached hydrogens (tertiary/aromatic N) is 1. The molecule has 2 heteroatoms. The van der Waals surface area contributed by atoms with Crippen molar-refractivity contribution in [2.45, 2.75) is 34.6 Å². The van der Waals surface area contributed by atoms with E-state index >= 15 is 0 Å². The van der Waals surface area contributed by atoms with Crippen LogP contribution in [0.2, 0.25) is 0 Å². The van der Waals surface area contributed by atoms with Gasteiger partial charge in [-0.2, -0.15) is 0 Å². The Balaban J connectivity index is 2.08. The number of anilines is 2. The van der Waals surface area contributed by atoms with Crippen LogP contribution in [-0.2, 0) is 0 Å². The minimum Gasteiger partial charge on any atom is -0.345 e. The summed E-state index contributed by atoms with van der Waals surface area (Å²) in [7, 11) is 2.19. The zero-order chi connectivity index (χ0) is 18.6. The molecule has 130 valence electrons. The highest BCUT2D eigenvalue weighted by Crippen LogP contribution is 2.27. The lowest BCUT2D eigenvalue weighted by molar-refractivity contribution is 1.21. The Morgan fingerprint density at radius 2 is 1.08 bits per heavy atom. The van der Waals surface area contributed by atoms with Crippen LogP contribution >= 0.6 is 0 Å². The molecule has 0 unspecified atom stereocenters. The van der Waals surface area contributed by atoms with Gasteiger partial charge in [0.2, 0.25) is 6.71 Å². The van der Waals surface area contributed by atoms with Crippen molar-refractivity contribution in [3.63, 3.8) is 0 Å². The van der Waals surface area contributed by atoms with E-state index in [1.54, 1.807) is 0 Å². The van der Waals surface area contributed by atoms with Crippen LogP contribution in [0.15, 0.2) is 48.5 Å². The molecular formula is C24H26BN. The van der Waals surface area contributed by atoms with Crippen molar-refractivity contribution in [1.29, 1.82) is 0 Å². The predicted octanol–water partition coefficient (Wildman–Crippen LogP) is 3.83. The molecule has 1 aliphatic heterocycles. The number of fused-ring (bicyclic) bond motifs is 2. The van der Waals surface area contributed by atoms with Crippen LogP contribution in [0.5, 0.6) is 0 Å². The summed E-state index contributed by atoms with van der Waals surface area (Å²) in [5, 5.41) is 0. The fourth-order valence-electron chi connectivity index (χ4n) is 4.68. The highest BCUT2D eigenvalue weighted by atomic mass is 15.1. The standard InChI is InChI=1S/C24H26BN/c1-15-7-9-22-20(13-15)25(24-18(4)11-17(3)12-19(24)5)21-14-16(2)8-10-23(21)26(22)6/h7-14H,1-6H3. The van der Waals surface area contributed by atoms with Gasteiger partial charge in [0.25, 0.3) is 0 Å². The molecule has 3 aromatic rings. The average molecular weight is 339 g/mol. The second-order valence-corrected chi connectivity index (χ2v) is 7.93. The van der Waals surface area contributed by atoms with E-state index in [-0.39, 0.29) is 6.71 Å². The molecule has 1 nitrogen and oxygen atoms in total. The first-order valence-electron chi connectivity index (χ1n) is 9.39. The molecule has 0 spiro atoms. The van der Waals surface area contributed by atoms with E-state index in [4.69, 9.17) is 0 Å². The molecule has 0 aliphatic carbocycles. The first-order valence-corrected chi connectivity index (χ1v) is 9.39. The van der Waals surface area contributed by atoms with Crippen molar-refractivity contribution >= 4 is 34.5 Å². The second kappa shape index (κ2) is 6.05. The predicted molar refractivity (Wildman–Crippen MR) is 116 cm³/mol. The Hall–Kier alpha value is -2.48. The van der Waals surface area contributed by atoms with Crippen LogP contribution in [-0.4, -0.2) is 13.8 Å². The molecule has 0 N–H and O–H groups in total. The minimum absolute atomic E-state index is 0.289. The lowest BCUT2D eigenvalue weighted by atomic mass is 9.33. The van der Waals surface area contributed by atoms with Gasteiger partial charge in [-0.3, -0.25) is 0 Å². The molecule has 0 radical (unpaired) electrons. The van der Waals surface area contributed by atoms with Crippen LogP contribution in [0.1, 0.15) is 27.8 Å². The maximum Gasteiger partial charge on any atom is 0.247 e. The lowest BCUT2D eigenvalue weighted by Crippen LogP contribution is -2.59. The van der Waals surface area contributed by atoms with E-state index in [9.17, 15) is 0 Å². The van der Waals surface area contributed by atoms with Gasteiger partial charge in [-0.25, -0.2) is 0 Å². The minimum atomic E-state index is 0.289. The number of rotatable bonds is 1. The maximum absolute atomic E-state index is 2.38. The van der Waals surface area contributed by atoms with E-state index in [1.165, 1.54) is 55.6 Å². The molecule has 1 heterocycles. The Morgan fingerprint density at radius 3 is 1.54 bits per heavy atom. The van der Waals surface area contributed by atoms with E-state index in [2.05, 4.69) is 95.1 Å². The molecule has 0 fully saturated rings. The van der Waals surface area contributed by atoms with Crippen LogP contribution in [0.4, 0.5) is 11.4 Å². The SMILES string of the molecule is Cc1cc(C)c(B2c3cc(C)ccc3N(C)c3ccc(C)cc32)c(C)c1. The molecule has 1 aliphatic rings. The molecule has 3 aromatic carbocycles. The van der Waals surface area contributed by atoms with E-state index in [0.29, 0.717) is 0 Å². The first-order chi connectivity index (χ1) is 12.4. The van der Waals surface area contributed by atoms with E-state index in [1.807, 2.05) is 0 Å². The third-order valence-electron chi connectivity index (χ3n) is 5.74. The molecule has 0 amide bonds. The highest BCUT2D eigenvalue weighted by molar-refractivity contribution is 6.98. The molecule has 26 heavy (non-hydrogen) atoms. The van der Waals surface area contributed by atoms with Crippen molar-refractivity contribution in [2.75, 3.05) is 11.9 Å². The fourth-order valence-corrected chi connectivity index (χ4v) is 4.68. The quantitative estimate of drug-likeness (QED) is 0.609. The van der Waals surface area contributed by atoms with Gasteiger partial charge in [-0.05, 0) is 57.7 Å². The van der Waals surface area contributed by atoms with Gasteiger partial charge >= 0.3 is 0 Å². The highest BCUT2D eigenvalue weighted by Gasteiger charge is 2.35. The van der Waals surface area contributed by atoms with Crippen LogP contribution in [0.3, 0.4) is 0 Å². The normalized spacial score (nSPS) is 12.8. The van der Waals surface area contributed by atoms with Crippen molar-refractivity contribution in [3.05, 3.63) is 76.3 Å².